The molecule has 0 aliphatic carbocycles. The minimum atomic E-state index is -4.01. The molecule has 0 spiro atoms. The van der Waals surface area contributed by atoms with Gasteiger partial charge in [0.15, 0.2) is 0 Å². The number of rotatable bonds is 11. The zero-order valence-corrected chi connectivity index (χ0v) is 22.2. The van der Waals surface area contributed by atoms with Gasteiger partial charge in [0.25, 0.3) is 0 Å². The molecule has 1 atom stereocenters. The fraction of sp³-hybridized carbons (Fsp3) is 0.310. The molecule has 1 aliphatic heterocycles. The van der Waals surface area contributed by atoms with Crippen LogP contribution in [0, 0.1) is 5.82 Å². The molecule has 4 aromatic rings. The highest BCUT2D eigenvalue weighted by atomic mass is 32.2. The number of sulfone groups is 1. The molecule has 0 bridgehead atoms. The predicted molar refractivity (Wildman–Crippen MR) is 142 cm³/mol. The molecule has 10 heteroatoms. The van der Waals surface area contributed by atoms with Crippen LogP contribution in [0.5, 0.6) is 0 Å². The number of nitrogens with zero attached hydrogens (tertiary/aromatic N) is 3. The smallest absolute Gasteiger partial charge is 0.228 e. The first-order valence-corrected chi connectivity index (χ1v) is 14.5. The molecule has 0 radical (unpaired) electrons. The molecule has 1 fully saturated rings. The third-order valence-electron chi connectivity index (χ3n) is 6.72. The van der Waals surface area contributed by atoms with Gasteiger partial charge in [0, 0.05) is 12.2 Å². The summed E-state index contributed by atoms with van der Waals surface area (Å²) >= 11 is 0. The largest absolute Gasteiger partial charge is 0.467 e. The van der Waals surface area contributed by atoms with Crippen molar-refractivity contribution in [2.75, 3.05) is 6.61 Å². The van der Waals surface area contributed by atoms with E-state index < -0.39 is 21.4 Å². The van der Waals surface area contributed by atoms with Crippen LogP contribution in [0.1, 0.15) is 35.4 Å². The van der Waals surface area contributed by atoms with Crippen LogP contribution in [0.25, 0.3) is 0 Å². The first kappa shape index (κ1) is 26.8. The van der Waals surface area contributed by atoms with Crippen LogP contribution in [0.2, 0.25) is 0 Å². The van der Waals surface area contributed by atoms with Gasteiger partial charge in [-0.1, -0.05) is 48.5 Å². The Kier molecular flexibility index (Phi) is 8.23. The quantitative estimate of drug-likeness (QED) is 0.272. The predicted octanol–water partition coefficient (Wildman–Crippen LogP) is 4.54. The van der Waals surface area contributed by atoms with Crippen molar-refractivity contribution in [3.63, 3.8) is 0 Å². The van der Waals surface area contributed by atoms with Crippen molar-refractivity contribution in [3.8, 4) is 0 Å². The fourth-order valence-corrected chi connectivity index (χ4v) is 6.25. The lowest BCUT2D eigenvalue weighted by atomic mass is 10.1. The summed E-state index contributed by atoms with van der Waals surface area (Å²) in [4.78, 5) is 19.4. The average molecular weight is 552 g/mol. The van der Waals surface area contributed by atoms with E-state index in [0.717, 1.165) is 18.4 Å². The SMILES string of the molecule is O=C(Cc1ccccc1)N(Cc1ccco1)Cc1cnc(S(=O)(=O)Cc2ccccc2F)n1CC1CCCO1. The van der Waals surface area contributed by atoms with E-state index >= 15 is 0 Å². The van der Waals surface area contributed by atoms with Crippen LogP contribution in [-0.4, -0.2) is 41.5 Å². The lowest BCUT2D eigenvalue weighted by Gasteiger charge is -2.24. The zero-order chi connectivity index (χ0) is 27.2. The Morgan fingerprint density at radius 2 is 1.85 bits per heavy atom. The number of furan rings is 1. The topological polar surface area (TPSA) is 94.6 Å². The number of halogens is 1. The van der Waals surface area contributed by atoms with Gasteiger partial charge in [-0.25, -0.2) is 17.8 Å². The summed E-state index contributed by atoms with van der Waals surface area (Å²) < 4.78 is 54.2. The van der Waals surface area contributed by atoms with Crippen molar-refractivity contribution < 1.29 is 26.8 Å². The number of aromatic nitrogens is 2. The number of carbonyl (C=O) groups is 1. The highest BCUT2D eigenvalue weighted by Crippen LogP contribution is 2.24. The van der Waals surface area contributed by atoms with Crippen molar-refractivity contribution in [2.24, 2.45) is 0 Å². The monoisotopic (exact) mass is 551 g/mol. The summed E-state index contributed by atoms with van der Waals surface area (Å²) in [5.74, 6) is -0.646. The van der Waals surface area contributed by atoms with Gasteiger partial charge >= 0.3 is 0 Å². The molecule has 1 saturated heterocycles. The zero-order valence-electron chi connectivity index (χ0n) is 21.4. The van der Waals surface area contributed by atoms with Gasteiger partial charge in [-0.15, -0.1) is 0 Å². The molecule has 2 aromatic carbocycles. The molecule has 1 unspecified atom stereocenters. The van der Waals surface area contributed by atoms with E-state index in [9.17, 15) is 17.6 Å². The first-order chi connectivity index (χ1) is 18.9. The summed E-state index contributed by atoms with van der Waals surface area (Å²) in [6.07, 6.45) is 4.69. The van der Waals surface area contributed by atoms with Crippen LogP contribution in [-0.2, 0) is 51.2 Å². The molecule has 3 heterocycles. The van der Waals surface area contributed by atoms with E-state index in [-0.39, 0.29) is 48.8 Å². The van der Waals surface area contributed by atoms with Gasteiger partial charge in [-0.2, -0.15) is 0 Å². The molecule has 8 nitrogen and oxygen atoms in total. The summed E-state index contributed by atoms with van der Waals surface area (Å²) in [6, 6.07) is 18.8. The van der Waals surface area contributed by atoms with Crippen LogP contribution < -0.4 is 0 Å². The van der Waals surface area contributed by atoms with Crippen LogP contribution in [0.15, 0.2) is 88.8 Å². The van der Waals surface area contributed by atoms with Gasteiger partial charge < -0.3 is 18.6 Å². The second-order valence-electron chi connectivity index (χ2n) is 9.62. The lowest BCUT2D eigenvalue weighted by molar-refractivity contribution is -0.132. The Bertz CT molecular complexity index is 1500. The van der Waals surface area contributed by atoms with Gasteiger partial charge in [-0.05, 0) is 36.6 Å². The maximum Gasteiger partial charge on any atom is 0.228 e. The van der Waals surface area contributed by atoms with E-state index in [1.807, 2.05) is 30.3 Å². The van der Waals surface area contributed by atoms with Gasteiger partial charge in [-0.3, -0.25) is 4.79 Å². The molecule has 0 N–H and O–H groups in total. The van der Waals surface area contributed by atoms with E-state index in [4.69, 9.17) is 9.15 Å². The van der Waals surface area contributed by atoms with E-state index in [2.05, 4.69) is 4.98 Å². The Morgan fingerprint density at radius 3 is 2.56 bits per heavy atom. The molecule has 1 aliphatic rings. The van der Waals surface area contributed by atoms with Crippen molar-refractivity contribution in [2.45, 2.75) is 55.9 Å². The number of imidazole rings is 1. The van der Waals surface area contributed by atoms with Gasteiger partial charge in [0.1, 0.15) is 11.6 Å². The maximum absolute atomic E-state index is 14.3. The number of ether oxygens (including phenoxy) is 1. The summed E-state index contributed by atoms with van der Waals surface area (Å²) in [5.41, 5.74) is 1.49. The van der Waals surface area contributed by atoms with Crippen molar-refractivity contribution in [3.05, 3.63) is 108 Å². The summed E-state index contributed by atoms with van der Waals surface area (Å²) in [7, 11) is -4.01. The summed E-state index contributed by atoms with van der Waals surface area (Å²) in [5, 5.41) is -0.162. The highest BCUT2D eigenvalue weighted by molar-refractivity contribution is 7.90. The lowest BCUT2D eigenvalue weighted by Crippen LogP contribution is -2.33. The van der Waals surface area contributed by atoms with E-state index in [1.54, 1.807) is 33.9 Å². The van der Waals surface area contributed by atoms with Crippen molar-refractivity contribution in [1.82, 2.24) is 14.5 Å². The van der Waals surface area contributed by atoms with Crippen molar-refractivity contribution >= 4 is 15.7 Å². The Morgan fingerprint density at radius 1 is 1.05 bits per heavy atom. The average Bonchev–Trinajstić information content (AvgIpc) is 3.70. The number of benzene rings is 2. The third-order valence-corrected chi connectivity index (χ3v) is 8.30. The highest BCUT2D eigenvalue weighted by Gasteiger charge is 2.29. The molecule has 204 valence electrons. The summed E-state index contributed by atoms with van der Waals surface area (Å²) in [6.45, 7) is 1.19. The molecular formula is C29H30FN3O5S. The first-order valence-electron chi connectivity index (χ1n) is 12.9. The third kappa shape index (κ3) is 6.63. The number of hydrogen-bond donors (Lipinski definition) is 0. The van der Waals surface area contributed by atoms with Gasteiger partial charge in [0.2, 0.25) is 20.9 Å². The second-order valence-corrected chi connectivity index (χ2v) is 11.5. The number of hydrogen-bond acceptors (Lipinski definition) is 6. The number of amides is 1. The molecule has 2 aromatic heterocycles. The molecular weight excluding hydrogens is 521 g/mol. The van der Waals surface area contributed by atoms with E-state index in [1.165, 1.54) is 24.4 Å². The van der Waals surface area contributed by atoms with Crippen LogP contribution in [0.4, 0.5) is 4.39 Å². The van der Waals surface area contributed by atoms with E-state index in [0.29, 0.717) is 18.1 Å². The van der Waals surface area contributed by atoms with Crippen LogP contribution in [0.3, 0.4) is 0 Å². The fourth-order valence-electron chi connectivity index (χ4n) is 4.74. The second kappa shape index (κ2) is 12.0. The minimum absolute atomic E-state index is 0.0724. The normalized spacial score (nSPS) is 15.5. The maximum atomic E-state index is 14.3. The Hall–Kier alpha value is -3.76. The van der Waals surface area contributed by atoms with Crippen molar-refractivity contribution in [1.29, 1.82) is 0 Å². The molecule has 1 amide bonds. The molecule has 39 heavy (non-hydrogen) atoms. The van der Waals surface area contributed by atoms with Crippen LogP contribution >= 0.6 is 0 Å². The molecule has 0 saturated carbocycles. The Labute approximate surface area is 227 Å². The van der Waals surface area contributed by atoms with Gasteiger partial charge in [0.05, 0.1) is 56.1 Å². The Balaban J connectivity index is 1.46. The minimum Gasteiger partial charge on any atom is -0.467 e. The standard InChI is InChI=1S/C29H30FN3O5S/c30-27-13-5-4-10-23(27)21-39(35,36)29-31-17-24(33(29)20-26-12-7-15-38-26)18-32(19-25-11-6-14-37-25)28(34)16-22-8-2-1-3-9-22/h1-6,8-11,13-14,17,26H,7,12,15-16,18-21H2. The molecule has 5 rings (SSSR count). The number of carbonyl (C=O) groups excluding carboxylic acids is 1.